The third-order valence-electron chi connectivity index (χ3n) is 2.59. The van der Waals surface area contributed by atoms with Crippen LogP contribution in [0.5, 0.6) is 0 Å². The number of benzene rings is 1. The molecule has 1 heterocycles. The number of hydrogen-bond acceptors (Lipinski definition) is 4. The van der Waals surface area contributed by atoms with Crippen molar-refractivity contribution < 1.29 is 14.7 Å². The Bertz CT molecular complexity index is 627. The van der Waals surface area contributed by atoms with Crippen LogP contribution < -0.4 is 11.1 Å². The molecular weight excluding hydrogens is 246 g/mol. The number of carboxylic acid groups (broad SMARTS) is 1. The van der Waals surface area contributed by atoms with Crippen LogP contribution in [0.25, 0.3) is 10.9 Å². The number of nitrogens with two attached hydrogens (primary N) is 1. The number of aromatic nitrogens is 1. The number of amides is 1. The van der Waals surface area contributed by atoms with Crippen molar-refractivity contribution in [3.05, 3.63) is 36.5 Å². The van der Waals surface area contributed by atoms with E-state index in [1.807, 2.05) is 24.3 Å². The Labute approximate surface area is 109 Å². The molecule has 4 N–H and O–H groups in total. The molecule has 1 amide bonds. The fourth-order valence-electron chi connectivity index (χ4n) is 1.66. The molecule has 0 radical (unpaired) electrons. The highest BCUT2D eigenvalue weighted by Crippen LogP contribution is 2.16. The molecule has 0 aliphatic rings. The van der Waals surface area contributed by atoms with Gasteiger partial charge in [0.2, 0.25) is 5.91 Å². The molecule has 0 saturated heterocycles. The maximum Gasteiger partial charge on any atom is 0.305 e. The second-order valence-electron chi connectivity index (χ2n) is 4.11. The molecule has 0 bridgehead atoms. The van der Waals surface area contributed by atoms with Crippen LogP contribution in [0.1, 0.15) is 6.42 Å². The van der Waals surface area contributed by atoms with Crippen molar-refractivity contribution in [2.75, 3.05) is 5.32 Å². The quantitative estimate of drug-likeness (QED) is 0.758. The molecule has 0 unspecified atom stereocenters. The van der Waals surface area contributed by atoms with Crippen LogP contribution in [0.4, 0.5) is 5.69 Å². The number of para-hydroxylation sites is 1. The Morgan fingerprint density at radius 2 is 2.11 bits per heavy atom. The number of anilines is 1. The van der Waals surface area contributed by atoms with Gasteiger partial charge in [0.25, 0.3) is 0 Å². The first-order valence-electron chi connectivity index (χ1n) is 5.69. The number of nitrogens with one attached hydrogen (secondary N) is 1. The van der Waals surface area contributed by atoms with E-state index in [9.17, 15) is 9.59 Å². The Morgan fingerprint density at radius 1 is 1.37 bits per heavy atom. The van der Waals surface area contributed by atoms with Crippen LogP contribution in [0.2, 0.25) is 0 Å². The molecule has 1 atom stereocenters. The maximum absolute atomic E-state index is 11.7. The second kappa shape index (κ2) is 5.45. The van der Waals surface area contributed by atoms with E-state index >= 15 is 0 Å². The highest BCUT2D eigenvalue weighted by molar-refractivity contribution is 5.97. The van der Waals surface area contributed by atoms with E-state index in [4.69, 9.17) is 10.8 Å². The van der Waals surface area contributed by atoms with Gasteiger partial charge in [0.05, 0.1) is 29.9 Å². The van der Waals surface area contributed by atoms with Gasteiger partial charge in [0.1, 0.15) is 0 Å². The minimum absolute atomic E-state index is 0.410. The summed E-state index contributed by atoms with van der Waals surface area (Å²) in [5.41, 5.74) is 6.77. The standard InChI is InChI=1S/C13H13N3O3/c14-10(6-12(17)18)13(19)16-9-5-8-3-1-2-4-11(8)15-7-9/h1-5,7,10H,6,14H2,(H,16,19)(H,17,18)/t10-/m0/s1. The Hall–Kier alpha value is -2.47. The van der Waals surface area contributed by atoms with E-state index in [-0.39, 0.29) is 0 Å². The Kier molecular flexibility index (Phi) is 3.72. The maximum atomic E-state index is 11.7. The molecule has 1 aromatic carbocycles. The number of hydrogen-bond donors (Lipinski definition) is 3. The number of carbonyl (C=O) groups excluding carboxylic acids is 1. The third kappa shape index (κ3) is 3.26. The van der Waals surface area contributed by atoms with Gasteiger partial charge in [-0.2, -0.15) is 0 Å². The van der Waals surface area contributed by atoms with Crippen LogP contribution in [-0.2, 0) is 9.59 Å². The number of fused-ring (bicyclic) bond motifs is 1. The summed E-state index contributed by atoms with van der Waals surface area (Å²) in [6.07, 6.45) is 1.10. The summed E-state index contributed by atoms with van der Waals surface area (Å²) in [4.78, 5) is 26.3. The van der Waals surface area contributed by atoms with Gasteiger partial charge in [-0.05, 0) is 12.1 Å². The summed E-state index contributed by atoms with van der Waals surface area (Å²) >= 11 is 0. The molecule has 0 spiro atoms. The van der Waals surface area contributed by atoms with E-state index in [0.29, 0.717) is 5.69 Å². The third-order valence-corrected chi connectivity index (χ3v) is 2.59. The van der Waals surface area contributed by atoms with Crippen molar-refractivity contribution in [3.63, 3.8) is 0 Å². The molecule has 2 aromatic rings. The molecule has 6 nitrogen and oxygen atoms in total. The van der Waals surface area contributed by atoms with Crippen molar-refractivity contribution in [2.24, 2.45) is 5.73 Å². The molecule has 2 rings (SSSR count). The zero-order chi connectivity index (χ0) is 13.8. The smallest absolute Gasteiger partial charge is 0.305 e. The molecule has 0 saturated carbocycles. The monoisotopic (exact) mass is 259 g/mol. The highest BCUT2D eigenvalue weighted by Gasteiger charge is 2.17. The number of nitrogens with zero attached hydrogens (tertiary/aromatic N) is 1. The number of carbonyl (C=O) groups is 2. The van der Waals surface area contributed by atoms with Crippen LogP contribution in [-0.4, -0.2) is 28.0 Å². The van der Waals surface area contributed by atoms with E-state index in [1.165, 1.54) is 6.20 Å². The average molecular weight is 259 g/mol. The molecule has 6 heteroatoms. The minimum Gasteiger partial charge on any atom is -0.481 e. The molecule has 0 aliphatic heterocycles. The topological polar surface area (TPSA) is 105 Å². The van der Waals surface area contributed by atoms with Crippen LogP contribution in [0.3, 0.4) is 0 Å². The van der Waals surface area contributed by atoms with Crippen molar-refractivity contribution in [2.45, 2.75) is 12.5 Å². The molecule has 1 aromatic heterocycles. The van der Waals surface area contributed by atoms with Gasteiger partial charge in [-0.15, -0.1) is 0 Å². The minimum atomic E-state index is -1.11. The van der Waals surface area contributed by atoms with Crippen molar-refractivity contribution in [3.8, 4) is 0 Å². The van der Waals surface area contributed by atoms with E-state index in [0.717, 1.165) is 10.9 Å². The number of pyridine rings is 1. The van der Waals surface area contributed by atoms with Crippen molar-refractivity contribution >= 4 is 28.5 Å². The summed E-state index contributed by atoms with van der Waals surface area (Å²) in [5, 5.41) is 12.0. The van der Waals surface area contributed by atoms with Crippen molar-refractivity contribution in [1.82, 2.24) is 4.98 Å². The lowest BCUT2D eigenvalue weighted by atomic mass is 10.2. The fourth-order valence-corrected chi connectivity index (χ4v) is 1.66. The molecule has 19 heavy (non-hydrogen) atoms. The zero-order valence-corrected chi connectivity index (χ0v) is 10.0. The van der Waals surface area contributed by atoms with Crippen LogP contribution in [0, 0.1) is 0 Å². The van der Waals surface area contributed by atoms with E-state index in [1.54, 1.807) is 6.07 Å². The van der Waals surface area contributed by atoms with Gasteiger partial charge in [0, 0.05) is 5.39 Å². The lowest BCUT2D eigenvalue weighted by Crippen LogP contribution is -2.37. The van der Waals surface area contributed by atoms with Crippen LogP contribution >= 0.6 is 0 Å². The Morgan fingerprint density at radius 3 is 2.84 bits per heavy atom. The summed E-state index contributed by atoms with van der Waals surface area (Å²) in [7, 11) is 0. The Balaban J connectivity index is 2.12. The van der Waals surface area contributed by atoms with Crippen LogP contribution in [0.15, 0.2) is 36.5 Å². The number of rotatable bonds is 4. The molecule has 0 fully saturated rings. The summed E-state index contributed by atoms with van der Waals surface area (Å²) in [6.45, 7) is 0. The first kappa shape index (κ1) is 13.0. The lowest BCUT2D eigenvalue weighted by molar-refractivity contribution is -0.138. The average Bonchev–Trinajstić information content (AvgIpc) is 2.37. The van der Waals surface area contributed by atoms with Gasteiger partial charge in [0.15, 0.2) is 0 Å². The summed E-state index contributed by atoms with van der Waals surface area (Å²) in [5.74, 6) is -1.65. The zero-order valence-electron chi connectivity index (χ0n) is 10.0. The SMILES string of the molecule is N[C@@H](CC(=O)O)C(=O)Nc1cnc2ccccc2c1. The fraction of sp³-hybridized carbons (Fsp3) is 0.154. The first-order chi connectivity index (χ1) is 9.06. The van der Waals surface area contributed by atoms with Gasteiger partial charge in [-0.1, -0.05) is 18.2 Å². The highest BCUT2D eigenvalue weighted by atomic mass is 16.4. The van der Waals surface area contributed by atoms with Gasteiger partial charge in [-0.25, -0.2) is 0 Å². The molecular formula is C13H13N3O3. The summed E-state index contributed by atoms with van der Waals surface area (Å²) < 4.78 is 0. The van der Waals surface area contributed by atoms with Crippen molar-refractivity contribution in [1.29, 1.82) is 0 Å². The largest absolute Gasteiger partial charge is 0.481 e. The van der Waals surface area contributed by atoms with Gasteiger partial charge >= 0.3 is 5.97 Å². The predicted molar refractivity (Wildman–Crippen MR) is 70.6 cm³/mol. The summed E-state index contributed by atoms with van der Waals surface area (Å²) in [6, 6.07) is 8.14. The van der Waals surface area contributed by atoms with E-state index in [2.05, 4.69) is 10.3 Å². The number of aliphatic carboxylic acids is 1. The number of carboxylic acids is 1. The normalized spacial score (nSPS) is 12.1. The molecule has 98 valence electrons. The lowest BCUT2D eigenvalue weighted by Gasteiger charge is -2.10. The van der Waals surface area contributed by atoms with E-state index < -0.39 is 24.3 Å². The second-order valence-corrected chi connectivity index (χ2v) is 4.11. The predicted octanol–water partition coefficient (Wildman–Crippen LogP) is 0.975. The first-order valence-corrected chi connectivity index (χ1v) is 5.69. The van der Waals surface area contributed by atoms with Gasteiger partial charge in [-0.3, -0.25) is 14.6 Å². The molecule has 0 aliphatic carbocycles. The van der Waals surface area contributed by atoms with Gasteiger partial charge < -0.3 is 16.2 Å².